The van der Waals surface area contributed by atoms with Crippen molar-refractivity contribution in [2.24, 2.45) is 0 Å². The minimum atomic E-state index is -1.05. The third kappa shape index (κ3) is 2.25. The molecule has 2 rings (SSSR count). The van der Waals surface area contributed by atoms with Gasteiger partial charge >= 0.3 is 5.97 Å². The summed E-state index contributed by atoms with van der Waals surface area (Å²) >= 11 is 11.9. The van der Waals surface area contributed by atoms with Gasteiger partial charge in [-0.1, -0.05) is 23.2 Å². The number of ether oxygens (including phenoxy) is 1. The Labute approximate surface area is 96.6 Å². The second-order valence-corrected chi connectivity index (χ2v) is 4.14. The van der Waals surface area contributed by atoms with Crippen LogP contribution in [0.25, 0.3) is 0 Å². The summed E-state index contributed by atoms with van der Waals surface area (Å²) in [6, 6.07) is 2.96. The predicted octanol–water partition coefficient (Wildman–Crippen LogP) is 2.63. The first-order chi connectivity index (χ1) is 7.09. The van der Waals surface area contributed by atoms with E-state index in [4.69, 9.17) is 33.0 Å². The van der Waals surface area contributed by atoms with Gasteiger partial charge in [-0.3, -0.25) is 0 Å². The molecule has 1 atom stereocenters. The fraction of sp³-hybridized carbons (Fsp3) is 0.300. The standard InChI is InChI=1S/C10H8Cl2O3/c11-8-2-1-6(10(13)14)9(12)7(8)3-5-4-15-5/h1-2,5H,3-4H2,(H,13,14). The number of benzene rings is 1. The Morgan fingerprint density at radius 3 is 2.73 bits per heavy atom. The van der Waals surface area contributed by atoms with E-state index in [9.17, 15) is 4.79 Å². The molecule has 0 saturated carbocycles. The Hall–Kier alpha value is -0.770. The predicted molar refractivity (Wildman–Crippen MR) is 56.9 cm³/mol. The zero-order chi connectivity index (χ0) is 11.0. The van der Waals surface area contributed by atoms with Gasteiger partial charge in [0, 0.05) is 11.4 Å². The summed E-state index contributed by atoms with van der Waals surface area (Å²) in [5.74, 6) is -1.05. The number of hydrogen-bond acceptors (Lipinski definition) is 2. The van der Waals surface area contributed by atoms with Crippen LogP contribution in [0.15, 0.2) is 12.1 Å². The Kier molecular flexibility index (Phi) is 2.87. The fourth-order valence-electron chi connectivity index (χ4n) is 1.36. The average molecular weight is 247 g/mol. The van der Waals surface area contributed by atoms with Crippen LogP contribution in [-0.2, 0) is 11.2 Å². The van der Waals surface area contributed by atoms with Crippen molar-refractivity contribution >= 4 is 29.2 Å². The van der Waals surface area contributed by atoms with E-state index in [2.05, 4.69) is 0 Å². The van der Waals surface area contributed by atoms with Crippen molar-refractivity contribution < 1.29 is 14.6 Å². The number of carbonyl (C=O) groups is 1. The quantitative estimate of drug-likeness (QED) is 0.835. The molecule has 1 saturated heterocycles. The van der Waals surface area contributed by atoms with Crippen LogP contribution in [0.3, 0.4) is 0 Å². The number of rotatable bonds is 3. The number of aromatic carboxylic acids is 1. The highest BCUT2D eigenvalue weighted by atomic mass is 35.5. The molecular weight excluding hydrogens is 239 g/mol. The smallest absolute Gasteiger partial charge is 0.337 e. The molecule has 1 fully saturated rings. The summed E-state index contributed by atoms with van der Waals surface area (Å²) in [5.41, 5.74) is 0.734. The fourth-order valence-corrected chi connectivity index (χ4v) is 1.97. The zero-order valence-electron chi connectivity index (χ0n) is 7.67. The molecule has 0 aliphatic carbocycles. The Morgan fingerprint density at radius 1 is 1.53 bits per heavy atom. The van der Waals surface area contributed by atoms with Gasteiger partial charge in [0.25, 0.3) is 0 Å². The molecule has 5 heteroatoms. The lowest BCUT2D eigenvalue weighted by Crippen LogP contribution is -2.03. The first-order valence-electron chi connectivity index (χ1n) is 4.41. The Balaban J connectivity index is 2.40. The van der Waals surface area contributed by atoms with E-state index in [1.54, 1.807) is 6.07 Å². The summed E-state index contributed by atoms with van der Waals surface area (Å²) in [7, 11) is 0. The molecule has 1 unspecified atom stereocenters. The molecule has 0 amide bonds. The van der Waals surface area contributed by atoms with Crippen LogP contribution in [0.2, 0.25) is 10.0 Å². The molecule has 3 nitrogen and oxygen atoms in total. The van der Waals surface area contributed by atoms with E-state index in [1.165, 1.54) is 6.07 Å². The number of carboxylic acid groups (broad SMARTS) is 1. The van der Waals surface area contributed by atoms with Gasteiger partial charge in [-0.25, -0.2) is 4.79 Å². The van der Waals surface area contributed by atoms with Crippen LogP contribution in [0.5, 0.6) is 0 Å². The van der Waals surface area contributed by atoms with Crippen LogP contribution in [0.1, 0.15) is 15.9 Å². The highest BCUT2D eigenvalue weighted by Crippen LogP contribution is 2.31. The monoisotopic (exact) mass is 246 g/mol. The van der Waals surface area contributed by atoms with Gasteiger partial charge in [-0.15, -0.1) is 0 Å². The SMILES string of the molecule is O=C(O)c1ccc(Cl)c(CC2CO2)c1Cl. The molecule has 0 spiro atoms. The molecule has 0 bridgehead atoms. The minimum absolute atomic E-state index is 0.0803. The highest BCUT2D eigenvalue weighted by Gasteiger charge is 2.26. The zero-order valence-corrected chi connectivity index (χ0v) is 9.18. The third-order valence-corrected chi connectivity index (χ3v) is 3.04. The second-order valence-electron chi connectivity index (χ2n) is 3.35. The van der Waals surface area contributed by atoms with Crippen LogP contribution in [0, 0.1) is 0 Å². The molecule has 1 N–H and O–H groups in total. The normalized spacial score (nSPS) is 18.9. The maximum absolute atomic E-state index is 10.8. The third-order valence-electron chi connectivity index (χ3n) is 2.25. The topological polar surface area (TPSA) is 49.8 Å². The van der Waals surface area contributed by atoms with E-state index in [1.807, 2.05) is 0 Å². The maximum atomic E-state index is 10.8. The molecule has 80 valence electrons. The van der Waals surface area contributed by atoms with Gasteiger partial charge in [-0.05, 0) is 17.7 Å². The Bertz CT molecular complexity index is 413. The number of carboxylic acids is 1. The highest BCUT2D eigenvalue weighted by molar-refractivity contribution is 6.37. The summed E-state index contributed by atoms with van der Waals surface area (Å²) in [6.07, 6.45) is 0.697. The first kappa shape index (κ1) is 10.7. The summed E-state index contributed by atoms with van der Waals surface area (Å²) in [6.45, 7) is 0.684. The average Bonchev–Trinajstić information content (AvgIpc) is 2.95. The molecule has 1 aliphatic rings. The number of hydrogen-bond donors (Lipinski definition) is 1. The summed E-state index contributed by atoms with van der Waals surface area (Å²) < 4.78 is 5.06. The minimum Gasteiger partial charge on any atom is -0.478 e. The molecule has 1 aliphatic heterocycles. The molecule has 15 heavy (non-hydrogen) atoms. The van der Waals surface area contributed by atoms with Crippen LogP contribution in [0.4, 0.5) is 0 Å². The number of epoxide rings is 1. The van der Waals surface area contributed by atoms with Gasteiger partial charge in [0.1, 0.15) is 0 Å². The second kappa shape index (κ2) is 4.00. The van der Waals surface area contributed by atoms with Crippen molar-refractivity contribution in [3.05, 3.63) is 33.3 Å². The van der Waals surface area contributed by atoms with Crippen molar-refractivity contribution in [3.63, 3.8) is 0 Å². The van der Waals surface area contributed by atoms with Crippen molar-refractivity contribution in [2.45, 2.75) is 12.5 Å². The molecule has 1 aromatic carbocycles. The van der Waals surface area contributed by atoms with Crippen LogP contribution in [-0.4, -0.2) is 23.8 Å². The van der Waals surface area contributed by atoms with Crippen molar-refractivity contribution in [2.75, 3.05) is 6.61 Å². The lowest BCUT2D eigenvalue weighted by atomic mass is 10.1. The van der Waals surface area contributed by atoms with Crippen molar-refractivity contribution in [1.29, 1.82) is 0 Å². The lowest BCUT2D eigenvalue weighted by molar-refractivity contribution is 0.0697. The van der Waals surface area contributed by atoms with E-state index in [-0.39, 0.29) is 16.7 Å². The largest absolute Gasteiger partial charge is 0.478 e. The van der Waals surface area contributed by atoms with E-state index in [0.29, 0.717) is 23.6 Å². The van der Waals surface area contributed by atoms with E-state index in [0.717, 1.165) is 0 Å². The molecule has 1 heterocycles. The van der Waals surface area contributed by atoms with Crippen LogP contribution < -0.4 is 0 Å². The first-order valence-corrected chi connectivity index (χ1v) is 5.17. The molecule has 0 radical (unpaired) electrons. The molecular formula is C10H8Cl2O3. The van der Waals surface area contributed by atoms with Crippen molar-refractivity contribution in [3.8, 4) is 0 Å². The van der Waals surface area contributed by atoms with Gasteiger partial charge in [0.15, 0.2) is 0 Å². The van der Waals surface area contributed by atoms with E-state index >= 15 is 0 Å². The maximum Gasteiger partial charge on any atom is 0.337 e. The Morgan fingerprint density at radius 2 is 2.20 bits per heavy atom. The van der Waals surface area contributed by atoms with Gasteiger partial charge in [-0.2, -0.15) is 0 Å². The van der Waals surface area contributed by atoms with Gasteiger partial charge < -0.3 is 9.84 Å². The van der Waals surface area contributed by atoms with Crippen molar-refractivity contribution in [1.82, 2.24) is 0 Å². The van der Waals surface area contributed by atoms with Gasteiger partial charge in [0.05, 0.1) is 23.3 Å². The summed E-state index contributed by atoms with van der Waals surface area (Å²) in [5, 5.41) is 9.57. The van der Waals surface area contributed by atoms with E-state index < -0.39 is 5.97 Å². The summed E-state index contributed by atoms with van der Waals surface area (Å²) in [4.78, 5) is 10.8. The van der Waals surface area contributed by atoms with Crippen LogP contribution >= 0.6 is 23.2 Å². The van der Waals surface area contributed by atoms with Gasteiger partial charge in [0.2, 0.25) is 0 Å². The molecule has 0 aromatic heterocycles. The lowest BCUT2D eigenvalue weighted by Gasteiger charge is -2.07. The number of halogens is 2. The molecule has 1 aromatic rings.